The van der Waals surface area contributed by atoms with Crippen molar-refractivity contribution in [3.63, 3.8) is 0 Å². The summed E-state index contributed by atoms with van der Waals surface area (Å²) in [5, 5.41) is 1.82. The Morgan fingerprint density at radius 1 is 1.41 bits per heavy atom. The van der Waals surface area contributed by atoms with E-state index in [1.807, 2.05) is 41.8 Å². The van der Waals surface area contributed by atoms with Gasteiger partial charge in [-0.05, 0) is 5.56 Å². The zero-order valence-electron chi connectivity index (χ0n) is 9.04. The first-order valence-corrected chi connectivity index (χ1v) is 6.11. The van der Waals surface area contributed by atoms with Crippen molar-refractivity contribution in [1.82, 2.24) is 0 Å². The Bertz CT molecular complexity index is 457. The third-order valence-corrected chi connectivity index (χ3v) is 3.18. The number of hydrogen-bond acceptors (Lipinski definition) is 3. The third kappa shape index (κ3) is 3.25. The summed E-state index contributed by atoms with van der Waals surface area (Å²) in [4.78, 5) is 15.3. The van der Waals surface area contributed by atoms with Crippen molar-refractivity contribution in [3.8, 4) is 0 Å². The van der Waals surface area contributed by atoms with Crippen LogP contribution in [-0.2, 0) is 9.53 Å². The van der Waals surface area contributed by atoms with Crippen LogP contribution >= 0.6 is 15.9 Å². The average molecular weight is 296 g/mol. The average Bonchev–Trinajstić information content (AvgIpc) is 2.89. The van der Waals surface area contributed by atoms with Crippen LogP contribution in [0.25, 0.3) is 0 Å². The van der Waals surface area contributed by atoms with Crippen LogP contribution in [-0.4, -0.2) is 18.4 Å². The summed E-state index contributed by atoms with van der Waals surface area (Å²) in [6.07, 6.45) is 3.48. The summed E-state index contributed by atoms with van der Waals surface area (Å²) in [6.45, 7) is 0.209. The number of aliphatic imine (C=N–C) groups is 1. The normalized spacial score (nSPS) is 15.5. The molecule has 5 heteroatoms. The van der Waals surface area contributed by atoms with E-state index in [0.29, 0.717) is 0 Å². The maximum Gasteiger partial charge on any atom is 0.324 e. The highest BCUT2D eigenvalue weighted by molar-refractivity contribution is 9.09. The molecule has 0 fully saturated rings. The summed E-state index contributed by atoms with van der Waals surface area (Å²) in [5.74, 6) is 0.449. The summed E-state index contributed by atoms with van der Waals surface area (Å²) in [7, 11) is 0. The van der Waals surface area contributed by atoms with E-state index in [4.69, 9.17) is 4.74 Å². The molecule has 0 aromatic heterocycles. The number of carbonyl (C=O) groups is 1. The number of rotatable bonds is 4. The molecular weight excluding hydrogens is 284 g/mol. The standard InChI is InChI=1S/C12H11BrN2O2/c13-11(9-4-2-1-3-5-9)12(16)17-8-10-14-6-7-15-10/h1-7,11H,8H2,(H,14,15)/p+1. The van der Waals surface area contributed by atoms with Crippen LogP contribution in [0.1, 0.15) is 10.4 Å². The van der Waals surface area contributed by atoms with Crippen molar-refractivity contribution in [2.75, 3.05) is 6.61 Å². The predicted octanol–water partition coefficient (Wildman–Crippen LogP) is 1.11. The molecule has 1 unspecified atom stereocenters. The lowest BCUT2D eigenvalue weighted by Gasteiger charge is -2.09. The van der Waals surface area contributed by atoms with Crippen molar-refractivity contribution < 1.29 is 14.8 Å². The fourth-order valence-corrected chi connectivity index (χ4v) is 1.84. The molecule has 0 radical (unpaired) electrons. The molecule has 0 saturated heterocycles. The van der Waals surface area contributed by atoms with Gasteiger partial charge in [-0.3, -0.25) is 10.1 Å². The summed E-state index contributed by atoms with van der Waals surface area (Å²) in [6, 6.07) is 9.43. The van der Waals surface area contributed by atoms with Gasteiger partial charge < -0.3 is 4.74 Å². The largest absolute Gasteiger partial charge is 0.452 e. The highest BCUT2D eigenvalue weighted by Crippen LogP contribution is 2.23. The lowest BCUT2D eigenvalue weighted by atomic mass is 10.1. The molecule has 0 aliphatic carbocycles. The predicted molar refractivity (Wildman–Crippen MR) is 67.6 cm³/mol. The monoisotopic (exact) mass is 295 g/mol. The number of quaternary nitrogens is 1. The third-order valence-electron chi connectivity index (χ3n) is 2.28. The first-order chi connectivity index (χ1) is 8.27. The highest BCUT2D eigenvalue weighted by Gasteiger charge is 2.20. The van der Waals surface area contributed by atoms with Crippen LogP contribution in [0.4, 0.5) is 0 Å². The Balaban J connectivity index is 1.87. The minimum atomic E-state index is -0.432. The topological polar surface area (TPSA) is 55.3 Å². The molecule has 4 nitrogen and oxygen atoms in total. The molecule has 0 spiro atoms. The molecule has 1 aliphatic heterocycles. The fraction of sp³-hybridized carbons (Fsp3) is 0.167. The number of amidine groups is 1. The van der Waals surface area contributed by atoms with Crippen LogP contribution in [0.3, 0.4) is 0 Å². The van der Waals surface area contributed by atoms with Crippen LogP contribution in [0.15, 0.2) is 47.7 Å². The van der Waals surface area contributed by atoms with Gasteiger partial charge in [-0.15, -0.1) is 0 Å². The molecule has 17 heavy (non-hydrogen) atoms. The molecule has 0 saturated carbocycles. The SMILES string of the molecule is O=C(OCC1=NC=C[NH2+]1)C(Br)c1ccccc1. The zero-order chi connectivity index (χ0) is 12.1. The quantitative estimate of drug-likeness (QED) is 0.668. The van der Waals surface area contributed by atoms with Gasteiger partial charge in [0.15, 0.2) is 6.61 Å². The molecule has 88 valence electrons. The first-order valence-electron chi connectivity index (χ1n) is 5.19. The molecule has 1 aliphatic rings. The van der Waals surface area contributed by atoms with Gasteiger partial charge in [-0.1, -0.05) is 46.3 Å². The number of nitrogens with zero attached hydrogens (tertiary/aromatic N) is 1. The second-order valence-corrected chi connectivity index (χ2v) is 4.43. The van der Waals surface area contributed by atoms with E-state index in [1.54, 1.807) is 6.20 Å². The Labute approximate surface area is 108 Å². The van der Waals surface area contributed by atoms with Crippen molar-refractivity contribution in [2.24, 2.45) is 4.99 Å². The Kier molecular flexibility index (Phi) is 4.06. The summed E-state index contributed by atoms with van der Waals surface area (Å²) < 4.78 is 5.15. The van der Waals surface area contributed by atoms with Gasteiger partial charge in [0.1, 0.15) is 11.0 Å². The molecule has 0 bridgehead atoms. The van der Waals surface area contributed by atoms with Gasteiger partial charge >= 0.3 is 5.97 Å². The number of benzene rings is 1. The van der Waals surface area contributed by atoms with Gasteiger partial charge in [0.05, 0.1) is 6.20 Å². The second kappa shape index (κ2) is 5.75. The number of alkyl halides is 1. The number of esters is 1. The number of nitrogens with two attached hydrogens (primary N) is 1. The van der Waals surface area contributed by atoms with Crippen LogP contribution in [0, 0.1) is 0 Å². The van der Waals surface area contributed by atoms with E-state index in [-0.39, 0.29) is 12.6 Å². The first kappa shape index (κ1) is 12.0. The van der Waals surface area contributed by atoms with Gasteiger partial charge in [0.2, 0.25) is 5.84 Å². The summed E-state index contributed by atoms with van der Waals surface area (Å²) >= 11 is 3.32. The zero-order valence-corrected chi connectivity index (χ0v) is 10.6. The van der Waals surface area contributed by atoms with Crippen LogP contribution in [0.5, 0.6) is 0 Å². The van der Waals surface area contributed by atoms with E-state index in [2.05, 4.69) is 20.9 Å². The van der Waals surface area contributed by atoms with Gasteiger partial charge in [-0.2, -0.15) is 4.99 Å². The minimum absolute atomic E-state index is 0.209. The van der Waals surface area contributed by atoms with E-state index in [0.717, 1.165) is 11.4 Å². The molecule has 1 heterocycles. The number of halogens is 1. The molecule has 2 N–H and O–H groups in total. The molecule has 1 aromatic carbocycles. The van der Waals surface area contributed by atoms with Crippen molar-refractivity contribution >= 4 is 27.7 Å². The smallest absolute Gasteiger partial charge is 0.324 e. The lowest BCUT2D eigenvalue weighted by Crippen LogP contribution is -2.82. The second-order valence-electron chi connectivity index (χ2n) is 3.51. The Morgan fingerprint density at radius 3 is 2.82 bits per heavy atom. The maximum absolute atomic E-state index is 11.7. The van der Waals surface area contributed by atoms with Crippen LogP contribution < -0.4 is 5.32 Å². The molecule has 2 rings (SSSR count). The lowest BCUT2D eigenvalue weighted by molar-refractivity contribution is -0.461. The van der Waals surface area contributed by atoms with E-state index >= 15 is 0 Å². The fourth-order valence-electron chi connectivity index (χ4n) is 1.40. The number of hydrogen-bond donors (Lipinski definition) is 1. The van der Waals surface area contributed by atoms with Crippen molar-refractivity contribution in [2.45, 2.75) is 4.83 Å². The molecule has 0 amide bonds. The molecule has 1 aromatic rings. The minimum Gasteiger partial charge on any atom is -0.452 e. The number of ether oxygens (including phenoxy) is 1. The van der Waals surface area contributed by atoms with Gasteiger partial charge in [-0.25, -0.2) is 0 Å². The Hall–Kier alpha value is -1.46. The van der Waals surface area contributed by atoms with Gasteiger partial charge in [0, 0.05) is 0 Å². The van der Waals surface area contributed by atoms with Crippen LogP contribution in [0.2, 0.25) is 0 Å². The maximum atomic E-state index is 11.7. The van der Waals surface area contributed by atoms with Crippen molar-refractivity contribution in [1.29, 1.82) is 0 Å². The van der Waals surface area contributed by atoms with Crippen molar-refractivity contribution in [3.05, 3.63) is 48.3 Å². The highest BCUT2D eigenvalue weighted by atomic mass is 79.9. The molecule has 1 atom stereocenters. The Morgan fingerprint density at radius 2 is 2.18 bits per heavy atom. The van der Waals surface area contributed by atoms with E-state index in [1.165, 1.54) is 0 Å². The molecular formula is C12H12BrN2O2+. The van der Waals surface area contributed by atoms with Gasteiger partial charge in [0.25, 0.3) is 0 Å². The van der Waals surface area contributed by atoms with E-state index < -0.39 is 4.83 Å². The number of carbonyl (C=O) groups excluding carboxylic acids is 1. The summed E-state index contributed by atoms with van der Waals surface area (Å²) in [5.41, 5.74) is 0.882. The van der Waals surface area contributed by atoms with E-state index in [9.17, 15) is 4.79 Å².